The number of nitrogens with one attached hydrogen (secondary N) is 1. The molecule has 0 radical (unpaired) electrons. The molecule has 0 aliphatic carbocycles. The molecule has 0 atom stereocenters. The molecule has 0 fully saturated rings. The van der Waals surface area contributed by atoms with Crippen molar-refractivity contribution in [3.05, 3.63) is 69.4 Å². The average Bonchev–Trinajstić information content (AvgIpc) is 2.37. The minimum Gasteiger partial charge on any atom is -0.348 e. The molecule has 2 nitrogen and oxygen atoms in total. The van der Waals surface area contributed by atoms with Gasteiger partial charge in [-0.2, -0.15) is 0 Å². The number of carbonyl (C=O) groups is 1. The van der Waals surface area contributed by atoms with Crippen LogP contribution in [0.2, 0.25) is 0 Å². The third-order valence-corrected chi connectivity index (χ3v) is 3.60. The molecule has 1 N–H and O–H groups in total. The molecule has 0 saturated heterocycles. The van der Waals surface area contributed by atoms with Gasteiger partial charge in [-0.25, -0.2) is 4.39 Å². The zero-order chi connectivity index (χ0) is 13.8. The molecule has 19 heavy (non-hydrogen) atoms. The molecule has 0 aliphatic heterocycles. The highest BCUT2D eigenvalue weighted by atomic mass is 79.9. The van der Waals surface area contributed by atoms with E-state index in [4.69, 9.17) is 0 Å². The van der Waals surface area contributed by atoms with Crippen molar-refractivity contribution in [1.82, 2.24) is 5.32 Å². The van der Waals surface area contributed by atoms with Crippen LogP contribution in [0.25, 0.3) is 0 Å². The fourth-order valence-corrected chi connectivity index (χ4v) is 2.22. The Hall–Kier alpha value is -1.68. The SMILES string of the molecule is Cc1cc(F)ccc1C(=O)NCc1ccccc1Br. The number of hydrogen-bond acceptors (Lipinski definition) is 1. The fourth-order valence-electron chi connectivity index (χ4n) is 1.79. The molecular formula is C15H13BrFNO. The standard InChI is InChI=1S/C15H13BrFNO/c1-10-8-12(17)6-7-13(10)15(19)18-9-11-4-2-3-5-14(11)16/h2-8H,9H2,1H3,(H,18,19). The largest absolute Gasteiger partial charge is 0.348 e. The summed E-state index contributed by atoms with van der Waals surface area (Å²) in [4.78, 5) is 12.0. The Labute approximate surface area is 119 Å². The monoisotopic (exact) mass is 321 g/mol. The van der Waals surface area contributed by atoms with Crippen molar-refractivity contribution in [2.75, 3.05) is 0 Å². The van der Waals surface area contributed by atoms with Gasteiger partial charge in [-0.1, -0.05) is 34.1 Å². The lowest BCUT2D eigenvalue weighted by Gasteiger charge is -2.09. The van der Waals surface area contributed by atoms with Gasteiger partial charge < -0.3 is 5.32 Å². The summed E-state index contributed by atoms with van der Waals surface area (Å²) < 4.78 is 13.9. The van der Waals surface area contributed by atoms with Crippen LogP contribution in [0.4, 0.5) is 4.39 Å². The van der Waals surface area contributed by atoms with Crippen LogP contribution in [0, 0.1) is 12.7 Å². The predicted octanol–water partition coefficient (Wildman–Crippen LogP) is 3.83. The van der Waals surface area contributed by atoms with Gasteiger partial charge >= 0.3 is 0 Å². The second-order valence-electron chi connectivity index (χ2n) is 4.23. The number of amides is 1. The first-order chi connectivity index (χ1) is 9.08. The normalized spacial score (nSPS) is 10.3. The Bertz CT molecular complexity index is 613. The molecule has 2 aromatic rings. The molecule has 0 unspecified atom stereocenters. The van der Waals surface area contributed by atoms with E-state index in [2.05, 4.69) is 21.2 Å². The number of aryl methyl sites for hydroxylation is 1. The van der Waals surface area contributed by atoms with Crippen LogP contribution in [0.5, 0.6) is 0 Å². The number of benzene rings is 2. The van der Waals surface area contributed by atoms with Crippen LogP contribution in [-0.4, -0.2) is 5.91 Å². The first-order valence-corrected chi connectivity index (χ1v) is 6.65. The quantitative estimate of drug-likeness (QED) is 0.914. The van der Waals surface area contributed by atoms with Crippen molar-refractivity contribution in [2.45, 2.75) is 13.5 Å². The number of rotatable bonds is 3. The van der Waals surface area contributed by atoms with Crippen molar-refractivity contribution in [2.24, 2.45) is 0 Å². The van der Waals surface area contributed by atoms with E-state index in [-0.39, 0.29) is 11.7 Å². The molecule has 0 spiro atoms. The van der Waals surface area contributed by atoms with Gasteiger partial charge in [-0.05, 0) is 42.3 Å². The maximum absolute atomic E-state index is 13.0. The van der Waals surface area contributed by atoms with Crippen molar-refractivity contribution < 1.29 is 9.18 Å². The van der Waals surface area contributed by atoms with Gasteiger partial charge in [0.25, 0.3) is 5.91 Å². The second kappa shape index (κ2) is 5.97. The van der Waals surface area contributed by atoms with E-state index in [1.165, 1.54) is 18.2 Å². The van der Waals surface area contributed by atoms with Crippen molar-refractivity contribution in [1.29, 1.82) is 0 Å². The van der Waals surface area contributed by atoms with E-state index in [1.54, 1.807) is 6.92 Å². The number of halogens is 2. The molecule has 2 aromatic carbocycles. The van der Waals surface area contributed by atoms with E-state index >= 15 is 0 Å². The molecule has 0 aromatic heterocycles. The Balaban J connectivity index is 2.08. The lowest BCUT2D eigenvalue weighted by molar-refractivity contribution is 0.0950. The maximum Gasteiger partial charge on any atom is 0.251 e. The highest BCUT2D eigenvalue weighted by Crippen LogP contribution is 2.16. The minimum absolute atomic E-state index is 0.201. The maximum atomic E-state index is 13.0. The minimum atomic E-state index is -0.333. The highest BCUT2D eigenvalue weighted by molar-refractivity contribution is 9.10. The van der Waals surface area contributed by atoms with Crippen molar-refractivity contribution >= 4 is 21.8 Å². The van der Waals surface area contributed by atoms with E-state index < -0.39 is 0 Å². The summed E-state index contributed by atoms with van der Waals surface area (Å²) in [5.41, 5.74) is 2.12. The molecule has 0 bridgehead atoms. The van der Waals surface area contributed by atoms with Crippen LogP contribution in [0.3, 0.4) is 0 Å². The van der Waals surface area contributed by atoms with E-state index in [0.717, 1.165) is 10.0 Å². The molecule has 0 saturated carbocycles. The van der Waals surface area contributed by atoms with Crippen LogP contribution >= 0.6 is 15.9 Å². The van der Waals surface area contributed by atoms with Gasteiger partial charge in [0.2, 0.25) is 0 Å². The summed E-state index contributed by atoms with van der Waals surface area (Å²) in [6.07, 6.45) is 0. The van der Waals surface area contributed by atoms with Crippen molar-refractivity contribution in [3.63, 3.8) is 0 Å². The Morgan fingerprint density at radius 1 is 1.26 bits per heavy atom. The molecule has 0 aliphatic rings. The predicted molar refractivity (Wildman–Crippen MR) is 76.4 cm³/mol. The van der Waals surface area contributed by atoms with E-state index in [1.807, 2.05) is 24.3 Å². The third-order valence-electron chi connectivity index (χ3n) is 2.83. The third kappa shape index (κ3) is 3.41. The van der Waals surface area contributed by atoms with Crippen LogP contribution in [0.15, 0.2) is 46.9 Å². The second-order valence-corrected chi connectivity index (χ2v) is 5.09. The lowest BCUT2D eigenvalue weighted by atomic mass is 10.1. The molecule has 2 rings (SSSR count). The topological polar surface area (TPSA) is 29.1 Å². The summed E-state index contributed by atoms with van der Waals surface area (Å²) in [6, 6.07) is 11.8. The Morgan fingerprint density at radius 3 is 2.68 bits per heavy atom. The van der Waals surface area contributed by atoms with Gasteiger partial charge in [-0.15, -0.1) is 0 Å². The summed E-state index contributed by atoms with van der Waals surface area (Å²) in [5, 5.41) is 2.82. The van der Waals surface area contributed by atoms with Gasteiger partial charge in [0, 0.05) is 16.6 Å². The zero-order valence-corrected chi connectivity index (χ0v) is 12.0. The molecule has 98 valence electrons. The summed E-state index contributed by atoms with van der Waals surface area (Å²) in [5.74, 6) is -0.534. The summed E-state index contributed by atoms with van der Waals surface area (Å²) >= 11 is 3.43. The Morgan fingerprint density at radius 2 is 2.00 bits per heavy atom. The molecule has 0 heterocycles. The van der Waals surface area contributed by atoms with Crippen LogP contribution < -0.4 is 5.32 Å². The molecular weight excluding hydrogens is 309 g/mol. The van der Waals surface area contributed by atoms with E-state index in [9.17, 15) is 9.18 Å². The number of hydrogen-bond donors (Lipinski definition) is 1. The smallest absolute Gasteiger partial charge is 0.251 e. The average molecular weight is 322 g/mol. The van der Waals surface area contributed by atoms with Crippen molar-refractivity contribution in [3.8, 4) is 0 Å². The summed E-state index contributed by atoms with van der Waals surface area (Å²) in [7, 11) is 0. The molecule has 1 amide bonds. The summed E-state index contributed by atoms with van der Waals surface area (Å²) in [6.45, 7) is 2.15. The van der Waals surface area contributed by atoms with Gasteiger partial charge in [0.05, 0.1) is 0 Å². The molecule has 4 heteroatoms. The van der Waals surface area contributed by atoms with E-state index in [0.29, 0.717) is 17.7 Å². The van der Waals surface area contributed by atoms with Crippen LogP contribution in [-0.2, 0) is 6.54 Å². The first kappa shape index (κ1) is 13.7. The van der Waals surface area contributed by atoms with Crippen LogP contribution in [0.1, 0.15) is 21.5 Å². The van der Waals surface area contributed by atoms with Gasteiger partial charge in [0.15, 0.2) is 0 Å². The highest BCUT2D eigenvalue weighted by Gasteiger charge is 2.09. The Kier molecular flexibility index (Phi) is 4.32. The first-order valence-electron chi connectivity index (χ1n) is 5.85. The van der Waals surface area contributed by atoms with Gasteiger partial charge in [-0.3, -0.25) is 4.79 Å². The van der Waals surface area contributed by atoms with Gasteiger partial charge in [0.1, 0.15) is 5.82 Å². The fraction of sp³-hybridized carbons (Fsp3) is 0.133. The zero-order valence-electron chi connectivity index (χ0n) is 10.4. The number of carbonyl (C=O) groups excluding carboxylic acids is 1. The lowest BCUT2D eigenvalue weighted by Crippen LogP contribution is -2.23.